The van der Waals surface area contributed by atoms with Crippen LogP contribution < -0.4 is 10.9 Å². The average molecular weight is 307 g/mol. The molecule has 5 heteroatoms. The summed E-state index contributed by atoms with van der Waals surface area (Å²) < 4.78 is 0.712. The van der Waals surface area contributed by atoms with Crippen LogP contribution in [0.5, 0.6) is 0 Å². The molecule has 2 N–H and O–H groups in total. The number of aromatic amines is 1. The Kier molecular flexibility index (Phi) is 6.39. The summed E-state index contributed by atoms with van der Waals surface area (Å²) in [5.74, 6) is 1.55. The number of nitrogens with zero attached hydrogens (tertiary/aromatic N) is 1. The highest BCUT2D eigenvalue weighted by atomic mass is 32.1. The maximum absolute atomic E-state index is 11.8. The number of thiophene rings is 1. The first-order valence-corrected chi connectivity index (χ1v) is 8.72. The smallest absolute Gasteiger partial charge is 0.268 e. The number of hydrogen-bond acceptors (Lipinski definition) is 4. The predicted octanol–water partition coefficient (Wildman–Crippen LogP) is 3.68. The predicted molar refractivity (Wildman–Crippen MR) is 89.9 cm³/mol. The standard InChI is InChI=1S/C16H25N3OS/c1-12(2)7-5-3-4-6-9-17-11-14-18-13-8-10-21-15(13)16(20)19-14/h8,10,12,17H,3-7,9,11H2,1-2H3,(H,18,19,20). The van der Waals surface area contributed by atoms with Crippen molar-refractivity contribution in [3.8, 4) is 0 Å². The molecule has 0 aliphatic carbocycles. The van der Waals surface area contributed by atoms with Crippen molar-refractivity contribution in [2.75, 3.05) is 6.54 Å². The second-order valence-electron chi connectivity index (χ2n) is 5.92. The first kappa shape index (κ1) is 16.2. The number of aromatic nitrogens is 2. The van der Waals surface area contributed by atoms with Crippen LogP contribution in [0, 0.1) is 5.92 Å². The van der Waals surface area contributed by atoms with Gasteiger partial charge in [0.05, 0.1) is 12.1 Å². The van der Waals surface area contributed by atoms with Crippen LogP contribution in [0.3, 0.4) is 0 Å². The summed E-state index contributed by atoms with van der Waals surface area (Å²) >= 11 is 1.44. The molecule has 0 radical (unpaired) electrons. The van der Waals surface area contributed by atoms with E-state index in [1.54, 1.807) is 0 Å². The Morgan fingerprint density at radius 3 is 2.90 bits per heavy atom. The molecular weight excluding hydrogens is 282 g/mol. The van der Waals surface area contributed by atoms with Gasteiger partial charge in [0.15, 0.2) is 0 Å². The third-order valence-electron chi connectivity index (χ3n) is 3.54. The van der Waals surface area contributed by atoms with Gasteiger partial charge in [-0.05, 0) is 30.3 Å². The second-order valence-corrected chi connectivity index (χ2v) is 6.84. The number of rotatable bonds is 9. The second kappa shape index (κ2) is 8.29. The van der Waals surface area contributed by atoms with E-state index in [-0.39, 0.29) is 5.56 Å². The molecule has 2 aromatic heterocycles. The van der Waals surface area contributed by atoms with Crippen LogP contribution >= 0.6 is 11.3 Å². The lowest BCUT2D eigenvalue weighted by Crippen LogP contribution is -2.19. The van der Waals surface area contributed by atoms with E-state index in [2.05, 4.69) is 29.1 Å². The maximum atomic E-state index is 11.8. The molecule has 0 saturated carbocycles. The van der Waals surface area contributed by atoms with Gasteiger partial charge in [0.25, 0.3) is 5.56 Å². The van der Waals surface area contributed by atoms with Gasteiger partial charge < -0.3 is 10.3 Å². The van der Waals surface area contributed by atoms with Gasteiger partial charge in [-0.25, -0.2) is 4.98 Å². The summed E-state index contributed by atoms with van der Waals surface area (Å²) in [7, 11) is 0. The Balaban J connectivity index is 1.65. The van der Waals surface area contributed by atoms with Gasteiger partial charge in [-0.1, -0.05) is 39.5 Å². The van der Waals surface area contributed by atoms with E-state index in [0.29, 0.717) is 11.2 Å². The fourth-order valence-corrected chi connectivity index (χ4v) is 3.09. The molecule has 4 nitrogen and oxygen atoms in total. The number of unbranched alkanes of at least 4 members (excludes halogenated alkanes) is 3. The van der Waals surface area contributed by atoms with Crippen molar-refractivity contribution in [2.45, 2.75) is 52.5 Å². The van der Waals surface area contributed by atoms with E-state index in [0.717, 1.165) is 23.8 Å². The summed E-state index contributed by atoms with van der Waals surface area (Å²) in [6.07, 6.45) is 6.44. The third kappa shape index (κ3) is 5.25. The molecule has 116 valence electrons. The number of H-pyrrole nitrogens is 1. The lowest BCUT2D eigenvalue weighted by atomic mass is 10.0. The molecule has 21 heavy (non-hydrogen) atoms. The zero-order valence-electron chi connectivity index (χ0n) is 12.9. The molecule has 0 aliphatic heterocycles. The van der Waals surface area contributed by atoms with Crippen molar-refractivity contribution < 1.29 is 0 Å². The van der Waals surface area contributed by atoms with Crippen LogP contribution in [-0.4, -0.2) is 16.5 Å². The summed E-state index contributed by atoms with van der Waals surface area (Å²) in [5, 5.41) is 5.26. The topological polar surface area (TPSA) is 57.8 Å². The molecule has 0 unspecified atom stereocenters. The number of hydrogen-bond donors (Lipinski definition) is 2. The molecule has 0 amide bonds. The normalized spacial score (nSPS) is 11.6. The zero-order valence-corrected chi connectivity index (χ0v) is 13.8. The number of fused-ring (bicyclic) bond motifs is 1. The van der Waals surface area contributed by atoms with Gasteiger partial charge in [-0.3, -0.25) is 4.79 Å². The van der Waals surface area contributed by atoms with Gasteiger partial charge in [-0.15, -0.1) is 11.3 Å². The van der Waals surface area contributed by atoms with Crippen LogP contribution in [0.4, 0.5) is 0 Å². The highest BCUT2D eigenvalue weighted by Gasteiger charge is 2.04. The monoisotopic (exact) mass is 307 g/mol. The van der Waals surface area contributed by atoms with Crippen LogP contribution in [0.15, 0.2) is 16.2 Å². The molecule has 0 saturated heterocycles. The van der Waals surface area contributed by atoms with Crippen LogP contribution in [-0.2, 0) is 6.54 Å². The average Bonchev–Trinajstić information content (AvgIpc) is 2.90. The Bertz CT molecular complexity index is 603. The molecule has 0 bridgehead atoms. The Morgan fingerprint density at radius 1 is 1.29 bits per heavy atom. The highest BCUT2D eigenvalue weighted by Crippen LogP contribution is 2.13. The molecule has 2 heterocycles. The summed E-state index contributed by atoms with van der Waals surface area (Å²) in [4.78, 5) is 19.1. The van der Waals surface area contributed by atoms with Crippen molar-refractivity contribution in [2.24, 2.45) is 5.92 Å². The van der Waals surface area contributed by atoms with Crippen molar-refractivity contribution >= 4 is 21.6 Å². The van der Waals surface area contributed by atoms with E-state index >= 15 is 0 Å². The largest absolute Gasteiger partial charge is 0.310 e. The minimum Gasteiger partial charge on any atom is -0.310 e. The van der Waals surface area contributed by atoms with E-state index < -0.39 is 0 Å². The van der Waals surface area contributed by atoms with Crippen LogP contribution in [0.1, 0.15) is 51.8 Å². The van der Waals surface area contributed by atoms with Crippen LogP contribution in [0.25, 0.3) is 10.2 Å². The zero-order chi connectivity index (χ0) is 15.1. The fourth-order valence-electron chi connectivity index (χ4n) is 2.37. The van der Waals surface area contributed by atoms with E-state index in [9.17, 15) is 4.79 Å². The van der Waals surface area contributed by atoms with Crippen molar-refractivity contribution in [1.82, 2.24) is 15.3 Å². The van der Waals surface area contributed by atoms with E-state index in [1.165, 1.54) is 43.4 Å². The quantitative estimate of drug-likeness (QED) is 0.695. The maximum Gasteiger partial charge on any atom is 0.268 e. The molecule has 2 aromatic rings. The van der Waals surface area contributed by atoms with E-state index in [4.69, 9.17) is 0 Å². The minimum absolute atomic E-state index is 0.0273. The summed E-state index contributed by atoms with van der Waals surface area (Å²) in [5.41, 5.74) is 0.773. The molecule has 0 aromatic carbocycles. The minimum atomic E-state index is -0.0273. The highest BCUT2D eigenvalue weighted by molar-refractivity contribution is 7.17. The van der Waals surface area contributed by atoms with Gasteiger partial charge in [-0.2, -0.15) is 0 Å². The lowest BCUT2D eigenvalue weighted by molar-refractivity contribution is 0.511. The first-order chi connectivity index (χ1) is 10.2. The van der Waals surface area contributed by atoms with Crippen molar-refractivity contribution in [3.63, 3.8) is 0 Å². The lowest BCUT2D eigenvalue weighted by Gasteiger charge is -2.06. The van der Waals surface area contributed by atoms with Gasteiger partial charge >= 0.3 is 0 Å². The molecule has 0 spiro atoms. The van der Waals surface area contributed by atoms with Gasteiger partial charge in [0.1, 0.15) is 10.5 Å². The molecule has 0 atom stereocenters. The SMILES string of the molecule is CC(C)CCCCCCNCc1nc2ccsc2c(=O)[nH]1. The summed E-state index contributed by atoms with van der Waals surface area (Å²) in [6.45, 7) is 6.17. The molecular formula is C16H25N3OS. The summed E-state index contributed by atoms with van der Waals surface area (Å²) in [6, 6.07) is 1.90. The molecule has 0 aliphatic rings. The first-order valence-electron chi connectivity index (χ1n) is 7.84. The fraction of sp³-hybridized carbons (Fsp3) is 0.625. The van der Waals surface area contributed by atoms with Gasteiger partial charge in [0, 0.05) is 0 Å². The van der Waals surface area contributed by atoms with Crippen molar-refractivity contribution in [1.29, 1.82) is 0 Å². The molecule has 2 rings (SSSR count). The van der Waals surface area contributed by atoms with E-state index in [1.807, 2.05) is 11.4 Å². The molecule has 0 fully saturated rings. The number of nitrogens with one attached hydrogen (secondary N) is 2. The van der Waals surface area contributed by atoms with Crippen LogP contribution in [0.2, 0.25) is 0 Å². The third-order valence-corrected chi connectivity index (χ3v) is 4.44. The Hall–Kier alpha value is -1.20. The Labute approximate surface area is 130 Å². The van der Waals surface area contributed by atoms with Gasteiger partial charge in [0.2, 0.25) is 0 Å². The Morgan fingerprint density at radius 2 is 2.10 bits per heavy atom. The van der Waals surface area contributed by atoms with Crippen molar-refractivity contribution in [3.05, 3.63) is 27.6 Å².